The van der Waals surface area contributed by atoms with E-state index in [9.17, 15) is 40.5 Å². The Morgan fingerprint density at radius 1 is 0.557 bits per heavy atom. The molecule has 11 atom stereocenters. The van der Waals surface area contributed by atoms with Crippen LogP contribution in [0.3, 0.4) is 0 Å². The molecule has 2 aliphatic rings. The van der Waals surface area contributed by atoms with Gasteiger partial charge in [-0.2, -0.15) is 0 Å². The fourth-order valence-corrected chi connectivity index (χ4v) is 7.30. The Morgan fingerprint density at radius 3 is 1.67 bits per heavy atom. The summed E-state index contributed by atoms with van der Waals surface area (Å²) in [5, 5.41) is 71.9. The number of hydrogen-bond donors (Lipinski definition) is 7. The smallest absolute Gasteiger partial charge is 0.306 e. The lowest BCUT2D eigenvalue weighted by Crippen LogP contribution is -2.61. The molecule has 2 heterocycles. The summed E-state index contributed by atoms with van der Waals surface area (Å²) in [6.45, 7) is 3.54. The summed E-state index contributed by atoms with van der Waals surface area (Å²) in [4.78, 5) is 12.9. The van der Waals surface area contributed by atoms with Crippen molar-refractivity contribution in [3.8, 4) is 0 Å². The van der Waals surface area contributed by atoms with Crippen LogP contribution in [-0.2, 0) is 33.2 Å². The standard InChI is InChI=1S/C47H84O14/c1-3-5-7-9-11-13-15-16-17-18-19-20-21-22-24-26-28-30-39(49)59-36(33-56-31-29-27-25-23-14-12-10-8-6-4-2)34-57-46-45(55)43(53)41(51)38(61-46)35-58-47-44(54)42(52)40(50)37(32-48)60-47/h5,7,11,13,16-17,36-38,40-48,50-55H,3-4,6,8-10,12,14-15,18-35H2,1-2H3/b7-5-,13-11-,17-16-. The summed E-state index contributed by atoms with van der Waals surface area (Å²) in [6.07, 6.45) is 20.7. The number of allylic oxidation sites excluding steroid dienone is 6. The molecule has 0 aromatic heterocycles. The van der Waals surface area contributed by atoms with Crippen LogP contribution in [0.15, 0.2) is 36.5 Å². The molecule has 2 rings (SSSR count). The Labute approximate surface area is 366 Å². The molecule has 0 spiro atoms. The molecule has 356 valence electrons. The van der Waals surface area contributed by atoms with Crippen molar-refractivity contribution in [2.75, 3.05) is 33.0 Å². The largest absolute Gasteiger partial charge is 0.457 e. The third kappa shape index (κ3) is 24.2. The summed E-state index contributed by atoms with van der Waals surface area (Å²) >= 11 is 0. The van der Waals surface area contributed by atoms with Crippen LogP contribution in [0.5, 0.6) is 0 Å². The van der Waals surface area contributed by atoms with Gasteiger partial charge in [-0.15, -0.1) is 0 Å². The van der Waals surface area contributed by atoms with Gasteiger partial charge in [0.15, 0.2) is 12.6 Å². The molecule has 0 amide bonds. The molecule has 2 fully saturated rings. The molecule has 0 aromatic carbocycles. The van der Waals surface area contributed by atoms with E-state index in [1.54, 1.807) is 0 Å². The Hall–Kier alpha value is -1.79. The summed E-state index contributed by atoms with van der Waals surface area (Å²) in [5.74, 6) is -0.387. The van der Waals surface area contributed by atoms with Crippen LogP contribution in [0, 0.1) is 0 Å². The van der Waals surface area contributed by atoms with Gasteiger partial charge in [-0.1, -0.05) is 140 Å². The van der Waals surface area contributed by atoms with Gasteiger partial charge in [0.05, 0.1) is 26.4 Å². The minimum Gasteiger partial charge on any atom is -0.457 e. The van der Waals surface area contributed by atoms with Crippen LogP contribution in [0.2, 0.25) is 0 Å². The highest BCUT2D eigenvalue weighted by molar-refractivity contribution is 5.69. The van der Waals surface area contributed by atoms with Crippen molar-refractivity contribution in [3.05, 3.63) is 36.5 Å². The maximum atomic E-state index is 12.9. The minimum atomic E-state index is -1.71. The van der Waals surface area contributed by atoms with Crippen LogP contribution in [-0.4, -0.2) is 142 Å². The highest BCUT2D eigenvalue weighted by atomic mass is 16.7. The van der Waals surface area contributed by atoms with Gasteiger partial charge in [-0.3, -0.25) is 4.79 Å². The third-order valence-corrected chi connectivity index (χ3v) is 11.2. The first-order chi connectivity index (χ1) is 29.6. The van der Waals surface area contributed by atoms with E-state index in [0.717, 1.165) is 64.2 Å². The van der Waals surface area contributed by atoms with E-state index in [0.29, 0.717) is 13.0 Å². The van der Waals surface area contributed by atoms with Crippen molar-refractivity contribution in [1.82, 2.24) is 0 Å². The Balaban J connectivity index is 1.79. The van der Waals surface area contributed by atoms with Gasteiger partial charge in [-0.05, 0) is 44.9 Å². The molecule has 2 aliphatic heterocycles. The van der Waals surface area contributed by atoms with E-state index < -0.39 is 80.7 Å². The van der Waals surface area contributed by atoms with Gasteiger partial charge >= 0.3 is 5.97 Å². The second-order valence-electron chi connectivity index (χ2n) is 16.6. The van der Waals surface area contributed by atoms with Gasteiger partial charge < -0.3 is 64.2 Å². The van der Waals surface area contributed by atoms with E-state index in [4.69, 9.17) is 28.4 Å². The first kappa shape index (κ1) is 55.3. The molecular weight excluding hydrogens is 789 g/mol. The lowest BCUT2D eigenvalue weighted by atomic mass is 9.98. The monoisotopic (exact) mass is 873 g/mol. The number of rotatable bonds is 36. The Morgan fingerprint density at radius 2 is 1.07 bits per heavy atom. The van der Waals surface area contributed by atoms with Crippen LogP contribution in [0.1, 0.15) is 155 Å². The van der Waals surface area contributed by atoms with Crippen molar-refractivity contribution in [2.45, 2.75) is 223 Å². The SMILES string of the molecule is CC/C=C\C/C=C\C/C=C\CCCCCCCCCC(=O)OC(COCCCCCCCCCCCC)COC1OC(COC2OC(CO)C(O)C(O)C2O)C(O)C(O)C1O. The predicted octanol–water partition coefficient (Wildman–Crippen LogP) is 5.85. The van der Waals surface area contributed by atoms with Crippen molar-refractivity contribution in [3.63, 3.8) is 0 Å². The Bertz CT molecular complexity index is 1150. The summed E-state index contributed by atoms with van der Waals surface area (Å²) < 4.78 is 34.1. The molecule has 61 heavy (non-hydrogen) atoms. The number of carbonyl (C=O) groups is 1. The van der Waals surface area contributed by atoms with Gasteiger partial charge in [0.25, 0.3) is 0 Å². The normalized spacial score (nSPS) is 27.8. The van der Waals surface area contributed by atoms with Crippen LogP contribution in [0.25, 0.3) is 0 Å². The number of carbonyl (C=O) groups excluding carboxylic acids is 1. The molecule has 0 bridgehead atoms. The van der Waals surface area contributed by atoms with Crippen molar-refractivity contribution in [2.24, 2.45) is 0 Å². The maximum absolute atomic E-state index is 12.9. The van der Waals surface area contributed by atoms with Crippen molar-refractivity contribution >= 4 is 5.97 Å². The quantitative estimate of drug-likeness (QED) is 0.0224. The molecule has 14 heteroatoms. The zero-order valence-electron chi connectivity index (χ0n) is 37.4. The lowest BCUT2D eigenvalue weighted by Gasteiger charge is -2.42. The van der Waals surface area contributed by atoms with Crippen molar-refractivity contribution in [1.29, 1.82) is 0 Å². The summed E-state index contributed by atoms with van der Waals surface area (Å²) in [5.41, 5.74) is 0. The van der Waals surface area contributed by atoms with E-state index in [2.05, 4.69) is 50.3 Å². The number of aliphatic hydroxyl groups is 7. The summed E-state index contributed by atoms with van der Waals surface area (Å²) in [7, 11) is 0. The van der Waals surface area contributed by atoms with Gasteiger partial charge in [0.2, 0.25) is 0 Å². The topological polar surface area (TPSA) is 214 Å². The average molecular weight is 873 g/mol. The fraction of sp³-hybridized carbons (Fsp3) is 0.851. The zero-order chi connectivity index (χ0) is 44.5. The highest BCUT2D eigenvalue weighted by Gasteiger charge is 2.47. The molecule has 11 unspecified atom stereocenters. The number of esters is 1. The van der Waals surface area contributed by atoms with Crippen LogP contribution in [0.4, 0.5) is 0 Å². The molecule has 0 aliphatic carbocycles. The number of ether oxygens (including phenoxy) is 6. The number of unbranched alkanes of at least 4 members (excludes halogenated alkanes) is 16. The van der Waals surface area contributed by atoms with Crippen molar-refractivity contribution < 1.29 is 69.0 Å². The Kier molecular flexibility index (Phi) is 32.2. The molecule has 7 N–H and O–H groups in total. The predicted molar refractivity (Wildman–Crippen MR) is 233 cm³/mol. The molecule has 0 aromatic rings. The molecule has 2 saturated heterocycles. The highest BCUT2D eigenvalue weighted by Crippen LogP contribution is 2.26. The molecule has 0 saturated carbocycles. The van der Waals surface area contributed by atoms with E-state index >= 15 is 0 Å². The first-order valence-electron chi connectivity index (χ1n) is 23.6. The third-order valence-electron chi connectivity index (χ3n) is 11.2. The fourth-order valence-electron chi connectivity index (χ4n) is 7.30. The number of aliphatic hydroxyl groups excluding tert-OH is 7. The van der Waals surface area contributed by atoms with E-state index in [1.165, 1.54) is 64.2 Å². The van der Waals surface area contributed by atoms with Crippen LogP contribution >= 0.6 is 0 Å². The second kappa shape index (κ2) is 35.5. The second-order valence-corrected chi connectivity index (χ2v) is 16.6. The van der Waals surface area contributed by atoms with Gasteiger partial charge in [0.1, 0.15) is 54.9 Å². The van der Waals surface area contributed by atoms with E-state index in [1.807, 2.05) is 0 Å². The lowest BCUT2D eigenvalue weighted by molar-refractivity contribution is -0.332. The van der Waals surface area contributed by atoms with E-state index in [-0.39, 0.29) is 25.6 Å². The maximum Gasteiger partial charge on any atom is 0.306 e. The van der Waals surface area contributed by atoms with Gasteiger partial charge in [0, 0.05) is 13.0 Å². The van der Waals surface area contributed by atoms with Crippen LogP contribution < -0.4 is 0 Å². The first-order valence-corrected chi connectivity index (χ1v) is 23.6. The molecular formula is C47H84O14. The number of hydrogen-bond acceptors (Lipinski definition) is 14. The average Bonchev–Trinajstić information content (AvgIpc) is 3.25. The summed E-state index contributed by atoms with van der Waals surface area (Å²) in [6, 6.07) is 0. The molecule has 0 radical (unpaired) electrons. The van der Waals surface area contributed by atoms with Gasteiger partial charge in [-0.25, -0.2) is 0 Å². The molecule has 14 nitrogen and oxygen atoms in total. The minimum absolute atomic E-state index is 0.0589. The zero-order valence-corrected chi connectivity index (χ0v) is 37.4.